The monoisotopic (exact) mass is 421 g/mol. The second-order valence-electron chi connectivity index (χ2n) is 11.1. The Hall–Kier alpha value is -1.97. The van der Waals surface area contributed by atoms with Crippen LogP contribution in [0.15, 0.2) is 41.1 Å². The highest BCUT2D eigenvalue weighted by Gasteiger charge is 2.59. The molecular weight excluding hydrogens is 386 g/mol. The topological polar surface area (TPSA) is 55.7 Å². The van der Waals surface area contributed by atoms with E-state index in [0.717, 1.165) is 50.5 Å². The van der Waals surface area contributed by atoms with E-state index in [2.05, 4.69) is 25.1 Å². The molecule has 3 fully saturated rings. The van der Waals surface area contributed by atoms with Gasteiger partial charge in [0.15, 0.2) is 0 Å². The molecule has 166 valence electrons. The summed E-state index contributed by atoms with van der Waals surface area (Å²) >= 11 is 0. The van der Waals surface area contributed by atoms with Crippen LogP contribution in [0.5, 0.6) is 0 Å². The summed E-state index contributed by atoms with van der Waals surface area (Å²) in [6, 6.07) is 7.65. The van der Waals surface area contributed by atoms with Gasteiger partial charge in [0.25, 0.3) is 0 Å². The van der Waals surface area contributed by atoms with Crippen molar-refractivity contribution >= 4 is 5.97 Å². The number of hydrogen-bond acceptors (Lipinski definition) is 4. The van der Waals surface area contributed by atoms with Crippen molar-refractivity contribution in [2.75, 3.05) is 0 Å². The zero-order valence-corrected chi connectivity index (χ0v) is 19.1. The number of nitrogens with zero attached hydrogens (tertiary/aromatic N) is 1. The second-order valence-corrected chi connectivity index (χ2v) is 11.1. The second kappa shape index (κ2) is 7.56. The molecule has 0 aromatic heterocycles. The lowest BCUT2D eigenvalue weighted by Crippen LogP contribution is -2.51. The number of allylic oxidation sites excluding steroid dienone is 1. The van der Waals surface area contributed by atoms with E-state index >= 15 is 0 Å². The number of benzene rings is 1. The molecule has 4 heteroatoms. The largest absolute Gasteiger partial charge is 0.458 e. The quantitative estimate of drug-likeness (QED) is 0.313. The lowest BCUT2D eigenvalue weighted by Gasteiger charge is -2.57. The molecule has 4 aliphatic carbocycles. The fourth-order valence-electron chi connectivity index (χ4n) is 7.78. The molecule has 7 atom stereocenters. The summed E-state index contributed by atoms with van der Waals surface area (Å²) in [6.45, 7) is 6.81. The molecule has 3 saturated carbocycles. The number of ether oxygens (including phenoxy) is 1. The Morgan fingerprint density at radius 2 is 1.81 bits per heavy atom. The Morgan fingerprint density at radius 3 is 2.55 bits per heavy atom. The zero-order chi connectivity index (χ0) is 21.8. The van der Waals surface area contributed by atoms with Crippen LogP contribution < -0.4 is 0 Å². The molecule has 0 heterocycles. The van der Waals surface area contributed by atoms with Crippen molar-refractivity contribution in [3.8, 4) is 0 Å². The summed E-state index contributed by atoms with van der Waals surface area (Å²) in [5, 5.41) is 3.53. The molecule has 0 bridgehead atoms. The fraction of sp³-hybridized carbons (Fsp3) is 0.667. The van der Waals surface area contributed by atoms with Crippen LogP contribution in [-0.4, -0.2) is 18.1 Å². The van der Waals surface area contributed by atoms with Gasteiger partial charge in [-0.25, -0.2) is 4.79 Å². The fourth-order valence-corrected chi connectivity index (χ4v) is 7.78. The minimum atomic E-state index is -0.199. The van der Waals surface area contributed by atoms with E-state index in [1.807, 2.05) is 31.2 Å². The van der Waals surface area contributed by atoms with E-state index in [-0.39, 0.29) is 28.9 Å². The number of aryl methyl sites for hydroxylation is 1. The molecule has 5 rings (SSSR count). The highest BCUT2D eigenvalue weighted by molar-refractivity contribution is 5.89. The van der Waals surface area contributed by atoms with E-state index < -0.39 is 0 Å². The summed E-state index contributed by atoms with van der Waals surface area (Å²) in [5.41, 5.74) is 3.61. The average Bonchev–Trinajstić information content (AvgIpc) is 3.10. The van der Waals surface area contributed by atoms with E-state index in [1.165, 1.54) is 12.0 Å². The van der Waals surface area contributed by atoms with E-state index in [0.29, 0.717) is 23.3 Å². The van der Waals surface area contributed by atoms with Crippen LogP contribution in [0.3, 0.4) is 0 Å². The van der Waals surface area contributed by atoms with Gasteiger partial charge in [0, 0.05) is 6.42 Å². The maximum absolute atomic E-state index is 12.6. The molecule has 1 aromatic rings. The number of carbonyl (C=O) groups excluding carboxylic acids is 1. The van der Waals surface area contributed by atoms with Gasteiger partial charge in [-0.15, -0.1) is 0 Å². The highest BCUT2D eigenvalue weighted by Crippen LogP contribution is 2.65. The first-order valence-corrected chi connectivity index (χ1v) is 12.1. The Bertz CT molecular complexity index is 906. The van der Waals surface area contributed by atoms with Gasteiger partial charge in [-0.1, -0.05) is 48.4 Å². The molecule has 4 aliphatic rings. The number of rotatable bonds is 3. The smallest absolute Gasteiger partial charge is 0.338 e. The molecule has 0 radical (unpaired) electrons. The van der Waals surface area contributed by atoms with Crippen LogP contribution in [0.2, 0.25) is 0 Å². The van der Waals surface area contributed by atoms with Crippen LogP contribution in [-0.2, 0) is 4.74 Å². The van der Waals surface area contributed by atoms with Crippen LogP contribution in [0.1, 0.15) is 81.1 Å². The molecule has 0 N–H and O–H groups in total. The molecule has 0 aliphatic heterocycles. The maximum atomic E-state index is 12.6. The minimum absolute atomic E-state index is 0.00792. The van der Waals surface area contributed by atoms with Gasteiger partial charge in [-0.05, 0) is 92.6 Å². The molecular formula is C27H35NO3. The minimum Gasteiger partial charge on any atom is -0.458 e. The lowest BCUT2D eigenvalue weighted by molar-refractivity contribution is -0.0440. The van der Waals surface area contributed by atoms with Crippen molar-refractivity contribution in [1.29, 1.82) is 0 Å². The van der Waals surface area contributed by atoms with Gasteiger partial charge in [0.2, 0.25) is 0 Å². The van der Waals surface area contributed by atoms with E-state index in [4.69, 9.17) is 4.74 Å². The zero-order valence-electron chi connectivity index (χ0n) is 19.1. The normalized spacial score (nSPS) is 41.4. The number of nitroso groups, excluding NO2 is 1. The van der Waals surface area contributed by atoms with Gasteiger partial charge >= 0.3 is 5.97 Å². The predicted molar refractivity (Wildman–Crippen MR) is 122 cm³/mol. The number of esters is 1. The molecule has 0 amide bonds. The van der Waals surface area contributed by atoms with Crippen LogP contribution in [0, 0.1) is 40.4 Å². The summed E-state index contributed by atoms with van der Waals surface area (Å²) in [5.74, 6) is 1.78. The van der Waals surface area contributed by atoms with Crippen LogP contribution in [0.25, 0.3) is 0 Å². The SMILES string of the molecule is Cc1ccc(C(=O)OC2CC[C@@]3(C)C(=CCC4C5CCC(N=O)[C@@]5(C)CCC43)C2)cc1. The molecule has 1 aromatic carbocycles. The Balaban J connectivity index is 1.31. The molecule has 0 saturated heterocycles. The van der Waals surface area contributed by atoms with Gasteiger partial charge < -0.3 is 4.74 Å². The summed E-state index contributed by atoms with van der Waals surface area (Å²) in [7, 11) is 0. The predicted octanol–water partition coefficient (Wildman–Crippen LogP) is 6.62. The number of hydrogen-bond donors (Lipinski definition) is 0. The number of carbonyl (C=O) groups is 1. The van der Waals surface area contributed by atoms with E-state index in [9.17, 15) is 9.70 Å². The van der Waals surface area contributed by atoms with Crippen LogP contribution in [0.4, 0.5) is 0 Å². The molecule has 31 heavy (non-hydrogen) atoms. The molecule has 5 unspecified atom stereocenters. The van der Waals surface area contributed by atoms with Gasteiger partial charge in [-0.2, -0.15) is 4.91 Å². The first-order valence-electron chi connectivity index (χ1n) is 12.1. The molecule has 4 nitrogen and oxygen atoms in total. The first-order chi connectivity index (χ1) is 14.8. The van der Waals surface area contributed by atoms with Crippen LogP contribution >= 0.6 is 0 Å². The van der Waals surface area contributed by atoms with Gasteiger partial charge in [0.1, 0.15) is 6.10 Å². The summed E-state index contributed by atoms with van der Waals surface area (Å²) < 4.78 is 5.93. The van der Waals surface area contributed by atoms with Crippen molar-refractivity contribution in [2.24, 2.45) is 33.8 Å². The average molecular weight is 422 g/mol. The van der Waals surface area contributed by atoms with Crippen molar-refractivity contribution < 1.29 is 9.53 Å². The number of fused-ring (bicyclic) bond motifs is 5. The maximum Gasteiger partial charge on any atom is 0.338 e. The van der Waals surface area contributed by atoms with Crippen molar-refractivity contribution in [3.05, 3.63) is 51.9 Å². The van der Waals surface area contributed by atoms with Crippen molar-refractivity contribution in [1.82, 2.24) is 0 Å². The van der Waals surface area contributed by atoms with Crippen molar-refractivity contribution in [2.45, 2.75) is 84.3 Å². The third kappa shape index (κ3) is 3.29. The van der Waals surface area contributed by atoms with Crippen molar-refractivity contribution in [3.63, 3.8) is 0 Å². The Morgan fingerprint density at radius 1 is 1.03 bits per heavy atom. The molecule has 0 spiro atoms. The Labute approximate surface area is 185 Å². The third-order valence-corrected chi connectivity index (χ3v) is 9.70. The standard InChI is InChI=1S/C27H35NO3/c1-17-4-6-18(7-5-17)25(29)31-20-12-14-26(2)19(16-20)8-9-21-22-10-11-24(28-30)27(22,3)15-13-23(21)26/h4-8,20-24H,9-16H2,1-3H3/t20?,21?,22?,23?,24?,26-,27-/m0/s1. The highest BCUT2D eigenvalue weighted by atomic mass is 16.5. The summed E-state index contributed by atoms with van der Waals surface area (Å²) in [6.07, 6.45) is 10.9. The van der Waals surface area contributed by atoms with Gasteiger partial charge in [-0.3, -0.25) is 0 Å². The van der Waals surface area contributed by atoms with E-state index in [1.54, 1.807) is 0 Å². The first kappa shape index (κ1) is 20.9. The van der Waals surface area contributed by atoms with Gasteiger partial charge in [0.05, 0.1) is 11.6 Å². The Kier molecular flexibility index (Phi) is 5.10. The lowest BCUT2D eigenvalue weighted by atomic mass is 9.48. The third-order valence-electron chi connectivity index (χ3n) is 9.70. The summed E-state index contributed by atoms with van der Waals surface area (Å²) in [4.78, 5) is 24.1.